The van der Waals surface area contributed by atoms with Crippen molar-refractivity contribution >= 4 is 23.1 Å². The van der Waals surface area contributed by atoms with Gasteiger partial charge in [-0.1, -0.05) is 25.4 Å². The third-order valence-electron chi connectivity index (χ3n) is 3.80. The third kappa shape index (κ3) is 2.50. The van der Waals surface area contributed by atoms with E-state index in [4.69, 9.17) is 16.3 Å². The number of hydrogen-bond acceptors (Lipinski definition) is 5. The van der Waals surface area contributed by atoms with E-state index < -0.39 is 4.92 Å². The molecule has 2 atom stereocenters. The number of nitrogens with one attached hydrogen (secondary N) is 1. The monoisotopic (exact) mass is 285 g/mol. The van der Waals surface area contributed by atoms with E-state index in [9.17, 15) is 10.1 Å². The predicted octanol–water partition coefficient (Wildman–Crippen LogP) is 2.87. The maximum atomic E-state index is 11.0. The van der Waals surface area contributed by atoms with Gasteiger partial charge in [0, 0.05) is 30.8 Å². The van der Waals surface area contributed by atoms with Crippen molar-refractivity contribution in [3.63, 3.8) is 0 Å². The summed E-state index contributed by atoms with van der Waals surface area (Å²) in [6, 6.07) is 1.39. The van der Waals surface area contributed by atoms with Crippen LogP contribution in [0.5, 0.6) is 0 Å². The lowest BCUT2D eigenvalue weighted by Gasteiger charge is -2.51. The van der Waals surface area contributed by atoms with Crippen molar-refractivity contribution in [3.05, 3.63) is 27.4 Å². The van der Waals surface area contributed by atoms with Gasteiger partial charge >= 0.3 is 5.69 Å². The number of halogens is 1. The van der Waals surface area contributed by atoms with E-state index in [-0.39, 0.29) is 34.1 Å². The summed E-state index contributed by atoms with van der Waals surface area (Å²) in [6.45, 7) is 4.12. The Bertz CT molecular complexity index is 507. The molecule has 0 spiro atoms. The molecule has 6 nitrogen and oxygen atoms in total. The van der Waals surface area contributed by atoms with Crippen molar-refractivity contribution in [1.82, 2.24) is 4.98 Å². The fourth-order valence-corrected chi connectivity index (χ4v) is 2.53. The molecule has 0 bridgehead atoms. The lowest BCUT2D eigenvalue weighted by Crippen LogP contribution is -2.57. The predicted molar refractivity (Wildman–Crippen MR) is 72.5 cm³/mol. The molecule has 1 aromatic heterocycles. The van der Waals surface area contributed by atoms with Gasteiger partial charge in [-0.25, -0.2) is 4.98 Å². The SMILES string of the molecule is COC1CC(Nc2ncc(Cl)cc2[N+](=O)[O-])C1(C)C. The van der Waals surface area contributed by atoms with E-state index >= 15 is 0 Å². The highest BCUT2D eigenvalue weighted by atomic mass is 35.5. The van der Waals surface area contributed by atoms with Crippen molar-refractivity contribution in [1.29, 1.82) is 0 Å². The van der Waals surface area contributed by atoms with Crippen LogP contribution >= 0.6 is 11.6 Å². The highest BCUT2D eigenvalue weighted by Crippen LogP contribution is 2.44. The fraction of sp³-hybridized carbons (Fsp3) is 0.583. The molecule has 1 heterocycles. The molecule has 2 rings (SSSR count). The molecule has 0 radical (unpaired) electrons. The van der Waals surface area contributed by atoms with Crippen molar-refractivity contribution in [2.45, 2.75) is 32.4 Å². The van der Waals surface area contributed by atoms with Crippen molar-refractivity contribution in [2.24, 2.45) is 5.41 Å². The van der Waals surface area contributed by atoms with Gasteiger partial charge in [0.15, 0.2) is 0 Å². The molecular formula is C12H16ClN3O3. The molecule has 7 heteroatoms. The fourth-order valence-electron chi connectivity index (χ4n) is 2.37. The van der Waals surface area contributed by atoms with Gasteiger partial charge < -0.3 is 10.1 Å². The molecule has 1 saturated carbocycles. The second kappa shape index (κ2) is 4.94. The molecule has 0 aromatic carbocycles. The summed E-state index contributed by atoms with van der Waals surface area (Å²) in [7, 11) is 1.67. The smallest absolute Gasteiger partial charge is 0.312 e. The van der Waals surface area contributed by atoms with E-state index in [0.29, 0.717) is 0 Å². The molecule has 1 aromatic rings. The number of nitro groups is 1. The molecular weight excluding hydrogens is 270 g/mol. The Morgan fingerprint density at radius 1 is 1.63 bits per heavy atom. The van der Waals surface area contributed by atoms with Gasteiger partial charge in [-0.2, -0.15) is 0 Å². The minimum absolute atomic E-state index is 0.0878. The number of anilines is 1. The first-order valence-corrected chi connectivity index (χ1v) is 6.33. The maximum Gasteiger partial charge on any atom is 0.312 e. The molecule has 0 aliphatic heterocycles. The number of pyridine rings is 1. The van der Waals surface area contributed by atoms with Crippen LogP contribution in [0.15, 0.2) is 12.3 Å². The van der Waals surface area contributed by atoms with Crippen LogP contribution < -0.4 is 5.32 Å². The molecule has 1 fully saturated rings. The quantitative estimate of drug-likeness (QED) is 0.680. The van der Waals surface area contributed by atoms with E-state index in [2.05, 4.69) is 24.1 Å². The van der Waals surface area contributed by atoms with Crippen molar-refractivity contribution in [3.8, 4) is 0 Å². The number of rotatable bonds is 4. The minimum atomic E-state index is -0.485. The first-order valence-electron chi connectivity index (χ1n) is 5.95. The zero-order chi connectivity index (χ0) is 14.2. The summed E-state index contributed by atoms with van der Waals surface area (Å²) < 4.78 is 5.35. The lowest BCUT2D eigenvalue weighted by molar-refractivity contribution is -0.384. The first kappa shape index (κ1) is 14.0. The Balaban J connectivity index is 2.19. The summed E-state index contributed by atoms with van der Waals surface area (Å²) in [6.07, 6.45) is 2.35. The molecule has 104 valence electrons. The van der Waals surface area contributed by atoms with E-state index in [1.165, 1.54) is 12.3 Å². The Morgan fingerprint density at radius 2 is 2.32 bits per heavy atom. The van der Waals surface area contributed by atoms with Gasteiger partial charge in [-0.05, 0) is 6.42 Å². The molecule has 0 amide bonds. The van der Waals surface area contributed by atoms with Crippen LogP contribution in [0.4, 0.5) is 11.5 Å². The minimum Gasteiger partial charge on any atom is -0.381 e. The van der Waals surface area contributed by atoms with Crippen LogP contribution in [0.2, 0.25) is 5.02 Å². The second-order valence-corrected chi connectivity index (χ2v) is 5.69. The number of ether oxygens (including phenoxy) is 1. The summed E-state index contributed by atoms with van der Waals surface area (Å²) >= 11 is 5.73. The van der Waals surface area contributed by atoms with Crippen LogP contribution in [0.1, 0.15) is 20.3 Å². The summed E-state index contributed by atoms with van der Waals surface area (Å²) in [5, 5.41) is 14.4. The van der Waals surface area contributed by atoms with Crippen LogP contribution in [0.3, 0.4) is 0 Å². The highest BCUT2D eigenvalue weighted by molar-refractivity contribution is 6.30. The third-order valence-corrected chi connectivity index (χ3v) is 4.01. The van der Waals surface area contributed by atoms with Crippen molar-refractivity contribution < 1.29 is 9.66 Å². The summed E-state index contributed by atoms with van der Waals surface area (Å²) in [4.78, 5) is 14.5. The first-order chi connectivity index (χ1) is 8.86. The van der Waals surface area contributed by atoms with Crippen LogP contribution in [0.25, 0.3) is 0 Å². The summed E-state index contributed by atoms with van der Waals surface area (Å²) in [5.41, 5.74) is -0.201. The molecule has 0 saturated heterocycles. The average Bonchev–Trinajstić information content (AvgIpc) is 2.35. The largest absolute Gasteiger partial charge is 0.381 e. The number of methoxy groups -OCH3 is 1. The van der Waals surface area contributed by atoms with Crippen LogP contribution in [-0.4, -0.2) is 29.2 Å². The van der Waals surface area contributed by atoms with Gasteiger partial charge in [-0.3, -0.25) is 10.1 Å². The maximum absolute atomic E-state index is 11.0. The Labute approximate surface area is 116 Å². The van der Waals surface area contributed by atoms with Gasteiger partial charge in [0.25, 0.3) is 0 Å². The topological polar surface area (TPSA) is 77.3 Å². The number of nitrogens with zero attached hydrogens (tertiary/aromatic N) is 2. The normalized spacial score (nSPS) is 24.6. The average molecular weight is 286 g/mol. The number of hydrogen-bond donors (Lipinski definition) is 1. The zero-order valence-electron chi connectivity index (χ0n) is 11.0. The molecule has 19 heavy (non-hydrogen) atoms. The molecule has 2 unspecified atom stereocenters. The molecule has 1 aliphatic carbocycles. The molecule has 1 N–H and O–H groups in total. The standard InChI is InChI=1S/C12H16ClN3O3/c1-12(2)9(5-10(12)19-3)15-11-8(16(17)18)4-7(13)6-14-11/h4,6,9-10H,5H2,1-3H3,(H,14,15). The van der Waals surface area contributed by atoms with Gasteiger partial charge in [0.2, 0.25) is 5.82 Å². The van der Waals surface area contributed by atoms with Crippen LogP contribution in [0, 0.1) is 15.5 Å². The highest BCUT2D eigenvalue weighted by Gasteiger charge is 2.49. The van der Waals surface area contributed by atoms with E-state index in [0.717, 1.165) is 6.42 Å². The second-order valence-electron chi connectivity index (χ2n) is 5.26. The molecule has 1 aliphatic rings. The Morgan fingerprint density at radius 3 is 2.84 bits per heavy atom. The number of aromatic nitrogens is 1. The van der Waals surface area contributed by atoms with E-state index in [1.54, 1.807) is 7.11 Å². The van der Waals surface area contributed by atoms with Crippen LogP contribution in [-0.2, 0) is 4.74 Å². The van der Waals surface area contributed by atoms with Gasteiger partial charge in [0.05, 0.1) is 16.0 Å². The van der Waals surface area contributed by atoms with E-state index in [1.807, 2.05) is 0 Å². The Kier molecular flexibility index (Phi) is 3.64. The lowest BCUT2D eigenvalue weighted by atomic mass is 9.64. The van der Waals surface area contributed by atoms with Gasteiger partial charge in [-0.15, -0.1) is 0 Å². The van der Waals surface area contributed by atoms with Crippen molar-refractivity contribution in [2.75, 3.05) is 12.4 Å². The summed E-state index contributed by atoms with van der Waals surface area (Å²) in [5.74, 6) is 0.252. The zero-order valence-corrected chi connectivity index (χ0v) is 11.8. The van der Waals surface area contributed by atoms with Gasteiger partial charge in [0.1, 0.15) is 0 Å². The Hall–Kier alpha value is -1.40.